The van der Waals surface area contributed by atoms with Crippen LogP contribution < -0.4 is 0 Å². The Balaban J connectivity index is 2.27. The van der Waals surface area contributed by atoms with Crippen LogP contribution in [0, 0.1) is 0 Å². The average Bonchev–Trinajstić information content (AvgIpc) is 2.84. The molecule has 1 rings (SSSR count). The summed E-state index contributed by atoms with van der Waals surface area (Å²) in [5.41, 5.74) is 0. The third kappa shape index (κ3) is 4.63. The van der Waals surface area contributed by atoms with E-state index in [1.807, 2.05) is 6.92 Å². The van der Waals surface area contributed by atoms with Crippen molar-refractivity contribution in [1.82, 2.24) is 0 Å². The highest BCUT2D eigenvalue weighted by atomic mass is 28.4. The molecule has 1 heterocycles. The Kier molecular flexibility index (Phi) is 6.56. The Morgan fingerprint density at radius 3 is 2.35 bits per heavy atom. The molecule has 1 aliphatic rings. The van der Waals surface area contributed by atoms with E-state index in [2.05, 4.69) is 0 Å². The molecule has 6 nitrogen and oxygen atoms in total. The molecule has 0 spiro atoms. The molecule has 7 heteroatoms. The van der Waals surface area contributed by atoms with Gasteiger partial charge in [0.05, 0.1) is 6.10 Å². The van der Waals surface area contributed by atoms with E-state index >= 15 is 0 Å². The molecule has 0 amide bonds. The summed E-state index contributed by atoms with van der Waals surface area (Å²) in [5.74, 6) is 0. The van der Waals surface area contributed by atoms with Gasteiger partial charge in [0.2, 0.25) is 0 Å². The first-order valence-corrected chi connectivity index (χ1v) is 7.59. The van der Waals surface area contributed by atoms with Crippen LogP contribution >= 0.6 is 0 Å². The van der Waals surface area contributed by atoms with Crippen LogP contribution in [0.15, 0.2) is 0 Å². The highest BCUT2D eigenvalue weighted by Crippen LogP contribution is 2.19. The predicted octanol–water partition coefficient (Wildman–Crippen LogP) is 0.990. The highest BCUT2D eigenvalue weighted by Gasteiger charge is 2.38. The number of rotatable bonds is 8. The molecule has 0 saturated carbocycles. The molecule has 1 saturated heterocycles. The van der Waals surface area contributed by atoms with Gasteiger partial charge in [0.15, 0.2) is 6.29 Å². The van der Waals surface area contributed by atoms with Crippen molar-refractivity contribution in [2.45, 2.75) is 31.8 Å². The van der Waals surface area contributed by atoms with Crippen LogP contribution in [0.25, 0.3) is 0 Å². The second kappa shape index (κ2) is 7.42. The summed E-state index contributed by atoms with van der Waals surface area (Å²) >= 11 is 0. The topological polar surface area (TPSA) is 55.4 Å². The van der Waals surface area contributed by atoms with Gasteiger partial charge in [-0.3, -0.25) is 0 Å². The molecule has 0 bridgehead atoms. The lowest BCUT2D eigenvalue weighted by molar-refractivity contribution is -0.134. The molecule has 1 aliphatic heterocycles. The number of hydrogen-bond donors (Lipinski definition) is 0. The van der Waals surface area contributed by atoms with Crippen LogP contribution in [0.3, 0.4) is 0 Å². The monoisotopic (exact) mass is 266 g/mol. The minimum Gasteiger partial charge on any atom is -0.377 e. The molecule has 0 aromatic heterocycles. The van der Waals surface area contributed by atoms with E-state index in [0.717, 1.165) is 6.42 Å². The summed E-state index contributed by atoms with van der Waals surface area (Å²) in [6.07, 6.45) is 0.587. The van der Waals surface area contributed by atoms with Gasteiger partial charge in [-0.2, -0.15) is 0 Å². The van der Waals surface area contributed by atoms with Crippen molar-refractivity contribution in [3.63, 3.8) is 0 Å². The summed E-state index contributed by atoms with van der Waals surface area (Å²) in [6.45, 7) is 2.79. The first-order chi connectivity index (χ1) is 8.15. The Hall–Kier alpha value is -0.0231. The maximum Gasteiger partial charge on any atom is 0.500 e. The van der Waals surface area contributed by atoms with Gasteiger partial charge >= 0.3 is 8.80 Å². The third-order valence-electron chi connectivity index (χ3n) is 2.77. The van der Waals surface area contributed by atoms with Crippen LogP contribution in [0.5, 0.6) is 0 Å². The van der Waals surface area contributed by atoms with Gasteiger partial charge in [-0.15, -0.1) is 0 Å². The smallest absolute Gasteiger partial charge is 0.377 e. The second-order valence-electron chi connectivity index (χ2n) is 3.87. The summed E-state index contributed by atoms with van der Waals surface area (Å²) in [5, 5.41) is 0. The van der Waals surface area contributed by atoms with Crippen LogP contribution in [0.1, 0.15) is 13.3 Å². The van der Waals surface area contributed by atoms with Gasteiger partial charge in [-0.05, 0) is 13.3 Å². The molecule has 1 fully saturated rings. The SMILES string of the molecule is CO[Si](CCC(C)OC1COCO1)(OC)OC. The maximum atomic E-state index is 5.65. The fraction of sp³-hybridized carbons (Fsp3) is 1.00. The van der Waals surface area contributed by atoms with E-state index in [1.165, 1.54) is 0 Å². The van der Waals surface area contributed by atoms with Crippen molar-refractivity contribution < 1.29 is 27.5 Å². The molecular formula is C10H22O6Si. The van der Waals surface area contributed by atoms with E-state index in [4.69, 9.17) is 27.5 Å². The molecule has 0 N–H and O–H groups in total. The van der Waals surface area contributed by atoms with Crippen LogP contribution in [-0.2, 0) is 27.5 Å². The van der Waals surface area contributed by atoms with Crippen molar-refractivity contribution in [2.24, 2.45) is 0 Å². The summed E-state index contributed by atoms with van der Waals surface area (Å²) in [7, 11) is 2.34. The maximum absolute atomic E-state index is 5.65. The fourth-order valence-electron chi connectivity index (χ4n) is 1.66. The third-order valence-corrected chi connectivity index (χ3v) is 5.53. The Bertz CT molecular complexity index is 197. The molecule has 17 heavy (non-hydrogen) atoms. The Labute approximate surface area is 103 Å². The molecule has 2 atom stereocenters. The van der Waals surface area contributed by atoms with Gasteiger partial charge in [-0.25, -0.2) is 0 Å². The van der Waals surface area contributed by atoms with Crippen molar-refractivity contribution in [3.05, 3.63) is 0 Å². The van der Waals surface area contributed by atoms with Crippen molar-refractivity contribution >= 4 is 8.80 Å². The van der Waals surface area contributed by atoms with Gasteiger partial charge in [0.1, 0.15) is 13.4 Å². The standard InChI is InChI=1S/C10H22O6Si/c1-9(16-10-7-14-8-15-10)5-6-17(11-2,12-3)13-4/h9-10H,5-8H2,1-4H3. The van der Waals surface area contributed by atoms with E-state index in [9.17, 15) is 0 Å². The molecule has 0 aromatic carbocycles. The summed E-state index contributed by atoms with van der Waals surface area (Å²) in [4.78, 5) is 0. The van der Waals surface area contributed by atoms with Gasteiger partial charge in [-0.1, -0.05) is 0 Å². The van der Waals surface area contributed by atoms with E-state index in [-0.39, 0.29) is 12.4 Å². The minimum atomic E-state index is -2.49. The fourth-order valence-corrected chi connectivity index (χ4v) is 3.53. The quantitative estimate of drug-likeness (QED) is 0.611. The lowest BCUT2D eigenvalue weighted by Gasteiger charge is -2.26. The van der Waals surface area contributed by atoms with E-state index < -0.39 is 8.80 Å². The molecule has 0 aliphatic carbocycles. The van der Waals surface area contributed by atoms with E-state index in [0.29, 0.717) is 19.4 Å². The van der Waals surface area contributed by atoms with Crippen molar-refractivity contribution in [3.8, 4) is 0 Å². The average molecular weight is 266 g/mol. The Morgan fingerprint density at radius 2 is 1.88 bits per heavy atom. The van der Waals surface area contributed by atoms with Crippen LogP contribution in [0.4, 0.5) is 0 Å². The molecule has 2 unspecified atom stereocenters. The molecule has 102 valence electrons. The first-order valence-electron chi connectivity index (χ1n) is 5.66. The summed E-state index contributed by atoms with van der Waals surface area (Å²) < 4.78 is 31.9. The minimum absolute atomic E-state index is 0.0500. The first kappa shape index (κ1) is 15.0. The van der Waals surface area contributed by atoms with Gasteiger partial charge in [0, 0.05) is 27.4 Å². The van der Waals surface area contributed by atoms with E-state index in [1.54, 1.807) is 21.3 Å². The number of ether oxygens (including phenoxy) is 3. The zero-order valence-electron chi connectivity index (χ0n) is 10.9. The largest absolute Gasteiger partial charge is 0.500 e. The lowest BCUT2D eigenvalue weighted by atomic mass is 10.3. The van der Waals surface area contributed by atoms with Gasteiger partial charge in [0.25, 0.3) is 0 Å². The van der Waals surface area contributed by atoms with Crippen LogP contribution in [0.2, 0.25) is 6.04 Å². The predicted molar refractivity (Wildman–Crippen MR) is 62.4 cm³/mol. The highest BCUT2D eigenvalue weighted by molar-refractivity contribution is 6.60. The zero-order chi connectivity index (χ0) is 12.7. The lowest BCUT2D eigenvalue weighted by Crippen LogP contribution is -2.43. The van der Waals surface area contributed by atoms with Crippen molar-refractivity contribution in [1.29, 1.82) is 0 Å². The molecule has 0 radical (unpaired) electrons. The number of hydrogen-bond acceptors (Lipinski definition) is 6. The van der Waals surface area contributed by atoms with Crippen LogP contribution in [-0.4, -0.2) is 55.9 Å². The normalized spacial score (nSPS) is 22.9. The van der Waals surface area contributed by atoms with Gasteiger partial charge < -0.3 is 27.5 Å². The molecule has 0 aromatic rings. The second-order valence-corrected chi connectivity index (χ2v) is 6.96. The Morgan fingerprint density at radius 1 is 1.24 bits per heavy atom. The zero-order valence-corrected chi connectivity index (χ0v) is 11.9. The molecular weight excluding hydrogens is 244 g/mol. The summed E-state index contributed by atoms with van der Waals surface area (Å²) in [6, 6.07) is 0.714. The van der Waals surface area contributed by atoms with Crippen molar-refractivity contribution in [2.75, 3.05) is 34.7 Å².